The monoisotopic (exact) mass is 655 g/mol. The summed E-state index contributed by atoms with van der Waals surface area (Å²) in [5.41, 5.74) is 2.30. The molecule has 3 aromatic rings. The summed E-state index contributed by atoms with van der Waals surface area (Å²) in [6.45, 7) is 0.398. The number of methoxy groups -OCH3 is 1. The second-order valence-corrected chi connectivity index (χ2v) is 11.0. The van der Waals surface area contributed by atoms with E-state index in [0.717, 1.165) is 27.4 Å². The van der Waals surface area contributed by atoms with Crippen LogP contribution in [0, 0.1) is 0 Å². The van der Waals surface area contributed by atoms with E-state index in [0.29, 0.717) is 36.5 Å². The van der Waals surface area contributed by atoms with Gasteiger partial charge in [0.15, 0.2) is 11.5 Å². The maximum Gasteiger partial charge on any atom is 0.293 e. The van der Waals surface area contributed by atoms with E-state index in [1.807, 2.05) is 24.3 Å². The molecule has 0 aromatic heterocycles. The smallest absolute Gasteiger partial charge is 0.293 e. The number of rotatable bonds is 7. The highest BCUT2D eigenvalue weighted by molar-refractivity contribution is 9.10. The molecule has 180 valence electrons. The predicted octanol–water partition coefficient (Wildman–Crippen LogP) is 8.34. The standard InChI is InChI=1S/C25H17Br2Cl2NO4S/c1-33-21-9-14(8-19(27)23(21)34-13-16-6-7-17(28)11-20(16)29)10-22-24(31)30(25(32)35-22)12-15-4-2-3-5-18(15)26/h2-11H,12-13H2,1H3/b22-10-. The van der Waals surface area contributed by atoms with E-state index in [4.69, 9.17) is 32.7 Å². The SMILES string of the molecule is COc1cc(/C=C2\SC(=O)N(Cc3ccccc3Br)C2=O)cc(Br)c1OCc1ccc(Cl)cc1Cl. The van der Waals surface area contributed by atoms with Crippen LogP contribution < -0.4 is 9.47 Å². The Kier molecular flexibility index (Phi) is 8.50. The number of amides is 2. The molecule has 1 aliphatic heterocycles. The molecule has 0 bridgehead atoms. The number of imide groups is 1. The summed E-state index contributed by atoms with van der Waals surface area (Å²) >= 11 is 20.1. The Hall–Kier alpha value is -1.97. The summed E-state index contributed by atoms with van der Waals surface area (Å²) in [7, 11) is 1.53. The van der Waals surface area contributed by atoms with Crippen LogP contribution in [0.15, 0.2) is 68.4 Å². The number of halogens is 4. The minimum Gasteiger partial charge on any atom is -0.493 e. The zero-order valence-corrected chi connectivity index (χ0v) is 23.7. The molecule has 5 nitrogen and oxygen atoms in total. The summed E-state index contributed by atoms with van der Waals surface area (Å²) in [6.07, 6.45) is 1.66. The summed E-state index contributed by atoms with van der Waals surface area (Å²) in [5.74, 6) is 0.601. The van der Waals surface area contributed by atoms with Gasteiger partial charge in [0.25, 0.3) is 11.1 Å². The molecule has 2 amide bonds. The van der Waals surface area contributed by atoms with Crippen LogP contribution in [-0.4, -0.2) is 23.2 Å². The Balaban J connectivity index is 1.54. The Morgan fingerprint density at radius 2 is 1.77 bits per heavy atom. The van der Waals surface area contributed by atoms with Gasteiger partial charge in [0, 0.05) is 20.1 Å². The molecule has 0 spiro atoms. The van der Waals surface area contributed by atoms with Gasteiger partial charge in [0.05, 0.1) is 23.0 Å². The lowest BCUT2D eigenvalue weighted by Crippen LogP contribution is -2.27. The van der Waals surface area contributed by atoms with E-state index in [9.17, 15) is 9.59 Å². The molecule has 1 fully saturated rings. The number of hydrogen-bond acceptors (Lipinski definition) is 5. The molecule has 35 heavy (non-hydrogen) atoms. The van der Waals surface area contributed by atoms with Gasteiger partial charge in [-0.1, -0.05) is 63.4 Å². The molecule has 4 rings (SSSR count). The van der Waals surface area contributed by atoms with Crippen LogP contribution in [0.1, 0.15) is 16.7 Å². The third kappa shape index (κ3) is 6.06. The van der Waals surface area contributed by atoms with Gasteiger partial charge in [0.1, 0.15) is 6.61 Å². The Labute approximate surface area is 233 Å². The fourth-order valence-electron chi connectivity index (χ4n) is 3.34. The van der Waals surface area contributed by atoms with E-state index in [2.05, 4.69) is 31.9 Å². The molecule has 0 radical (unpaired) electrons. The van der Waals surface area contributed by atoms with Gasteiger partial charge in [-0.3, -0.25) is 14.5 Å². The number of thioether (sulfide) groups is 1. The number of benzene rings is 3. The van der Waals surface area contributed by atoms with Gasteiger partial charge in [-0.25, -0.2) is 0 Å². The quantitative estimate of drug-likeness (QED) is 0.239. The van der Waals surface area contributed by atoms with E-state index in [1.165, 1.54) is 12.0 Å². The third-order valence-corrected chi connectivity index (χ3v) is 7.95. The first kappa shape index (κ1) is 26.1. The van der Waals surface area contributed by atoms with Crippen molar-refractivity contribution < 1.29 is 19.1 Å². The second-order valence-electron chi connectivity index (χ2n) is 7.42. The topological polar surface area (TPSA) is 55.8 Å². The second kappa shape index (κ2) is 11.4. The van der Waals surface area contributed by atoms with Gasteiger partial charge in [0.2, 0.25) is 0 Å². The Bertz CT molecular complexity index is 1350. The van der Waals surface area contributed by atoms with Crippen molar-refractivity contribution in [2.75, 3.05) is 7.11 Å². The summed E-state index contributed by atoms with van der Waals surface area (Å²) in [6, 6.07) is 16.2. The number of carbonyl (C=O) groups excluding carboxylic acids is 2. The van der Waals surface area contributed by atoms with E-state index >= 15 is 0 Å². The average molecular weight is 658 g/mol. The summed E-state index contributed by atoms with van der Waals surface area (Å²) < 4.78 is 12.9. The summed E-state index contributed by atoms with van der Waals surface area (Å²) in [4.78, 5) is 27.1. The number of hydrogen-bond donors (Lipinski definition) is 0. The first-order valence-electron chi connectivity index (χ1n) is 10.2. The van der Waals surface area contributed by atoms with Gasteiger partial charge < -0.3 is 9.47 Å². The molecule has 0 aliphatic carbocycles. The fraction of sp³-hybridized carbons (Fsp3) is 0.120. The first-order chi connectivity index (χ1) is 16.8. The van der Waals surface area contributed by atoms with Crippen molar-refractivity contribution in [1.82, 2.24) is 4.90 Å². The number of nitrogens with zero attached hydrogens (tertiary/aromatic N) is 1. The lowest BCUT2D eigenvalue weighted by atomic mass is 10.1. The first-order valence-corrected chi connectivity index (χ1v) is 13.4. The molecule has 1 aliphatic rings. The van der Waals surface area contributed by atoms with Gasteiger partial charge in [-0.2, -0.15) is 0 Å². The van der Waals surface area contributed by atoms with Crippen LogP contribution in [0.4, 0.5) is 4.79 Å². The highest BCUT2D eigenvalue weighted by Gasteiger charge is 2.35. The highest BCUT2D eigenvalue weighted by Crippen LogP contribution is 2.40. The Morgan fingerprint density at radius 1 is 1.00 bits per heavy atom. The number of carbonyl (C=O) groups is 2. The molecule has 1 saturated heterocycles. The molecular formula is C25H17Br2Cl2NO4S. The lowest BCUT2D eigenvalue weighted by Gasteiger charge is -2.15. The zero-order chi connectivity index (χ0) is 25.1. The van der Waals surface area contributed by atoms with E-state index in [-0.39, 0.29) is 24.3 Å². The van der Waals surface area contributed by atoms with Gasteiger partial charge in [-0.05, 0) is 75.2 Å². The van der Waals surface area contributed by atoms with Crippen molar-refractivity contribution in [3.63, 3.8) is 0 Å². The molecule has 1 heterocycles. The fourth-order valence-corrected chi connectivity index (χ4v) is 5.62. The third-order valence-electron chi connectivity index (χ3n) is 5.10. The van der Waals surface area contributed by atoms with Crippen molar-refractivity contribution in [3.05, 3.63) is 95.2 Å². The molecule has 0 atom stereocenters. The van der Waals surface area contributed by atoms with E-state index in [1.54, 1.807) is 36.4 Å². The zero-order valence-electron chi connectivity index (χ0n) is 18.2. The van der Waals surface area contributed by atoms with Crippen molar-refractivity contribution >= 4 is 84.0 Å². The van der Waals surface area contributed by atoms with Crippen LogP contribution in [-0.2, 0) is 17.9 Å². The van der Waals surface area contributed by atoms with Crippen molar-refractivity contribution in [2.24, 2.45) is 0 Å². The molecule has 0 unspecified atom stereocenters. The molecule has 10 heteroatoms. The van der Waals surface area contributed by atoms with Crippen LogP contribution in [0.25, 0.3) is 6.08 Å². The van der Waals surface area contributed by atoms with Crippen molar-refractivity contribution in [1.29, 1.82) is 0 Å². The highest BCUT2D eigenvalue weighted by atomic mass is 79.9. The van der Waals surface area contributed by atoms with Crippen LogP contribution in [0.3, 0.4) is 0 Å². The van der Waals surface area contributed by atoms with Gasteiger partial charge in [-0.15, -0.1) is 0 Å². The van der Waals surface area contributed by atoms with Crippen LogP contribution in [0.5, 0.6) is 11.5 Å². The maximum atomic E-state index is 13.0. The minimum absolute atomic E-state index is 0.191. The van der Waals surface area contributed by atoms with Crippen LogP contribution >= 0.6 is 66.8 Å². The maximum absolute atomic E-state index is 13.0. The molecule has 3 aromatic carbocycles. The minimum atomic E-state index is -0.344. The molecule has 0 saturated carbocycles. The van der Waals surface area contributed by atoms with Crippen molar-refractivity contribution in [2.45, 2.75) is 13.2 Å². The predicted molar refractivity (Wildman–Crippen MR) is 147 cm³/mol. The normalized spacial score (nSPS) is 14.7. The van der Waals surface area contributed by atoms with E-state index < -0.39 is 0 Å². The summed E-state index contributed by atoms with van der Waals surface area (Å²) in [5, 5.41) is 0.730. The van der Waals surface area contributed by atoms with Crippen molar-refractivity contribution in [3.8, 4) is 11.5 Å². The molecular weight excluding hydrogens is 641 g/mol. The largest absolute Gasteiger partial charge is 0.493 e. The number of ether oxygens (including phenoxy) is 2. The van der Waals surface area contributed by atoms with Gasteiger partial charge >= 0.3 is 0 Å². The average Bonchev–Trinajstić information content (AvgIpc) is 3.07. The molecule has 0 N–H and O–H groups in total. The Morgan fingerprint density at radius 3 is 2.49 bits per heavy atom. The lowest BCUT2D eigenvalue weighted by molar-refractivity contribution is -0.123. The van der Waals surface area contributed by atoms with Crippen LogP contribution in [0.2, 0.25) is 10.0 Å².